The first-order chi connectivity index (χ1) is 8.91. The maximum atomic E-state index is 12.4. The second-order valence-corrected chi connectivity index (χ2v) is 6.80. The summed E-state index contributed by atoms with van der Waals surface area (Å²) in [6.07, 6.45) is 1.32. The molecule has 3 N–H and O–H groups in total. The van der Waals surface area contributed by atoms with Crippen LogP contribution in [0.5, 0.6) is 0 Å². The minimum absolute atomic E-state index is 0.0592. The van der Waals surface area contributed by atoms with Crippen molar-refractivity contribution in [1.82, 2.24) is 19.5 Å². The van der Waals surface area contributed by atoms with Gasteiger partial charge in [0, 0.05) is 11.5 Å². The van der Waals surface area contributed by atoms with Crippen LogP contribution in [0, 0.1) is 0 Å². The van der Waals surface area contributed by atoms with Gasteiger partial charge in [0.15, 0.2) is 0 Å². The van der Waals surface area contributed by atoms with Crippen molar-refractivity contribution in [3.8, 4) is 0 Å². The smallest absolute Gasteiger partial charge is 0.245 e. The van der Waals surface area contributed by atoms with Crippen LogP contribution in [0.1, 0.15) is 5.82 Å². The zero-order valence-electron chi connectivity index (χ0n) is 10.0. The van der Waals surface area contributed by atoms with E-state index < -0.39 is 10.0 Å². The summed E-state index contributed by atoms with van der Waals surface area (Å²) in [6.45, 7) is 0.0916. The van der Waals surface area contributed by atoms with E-state index in [1.54, 1.807) is 12.1 Å². The second kappa shape index (κ2) is 5.27. The van der Waals surface area contributed by atoms with Crippen molar-refractivity contribution in [2.75, 3.05) is 12.8 Å². The van der Waals surface area contributed by atoms with Gasteiger partial charge in [-0.25, -0.2) is 13.4 Å². The van der Waals surface area contributed by atoms with Gasteiger partial charge in [-0.15, -0.1) is 0 Å². The summed E-state index contributed by atoms with van der Waals surface area (Å²) < 4.78 is 26.6. The molecule has 0 spiro atoms. The number of nitrogens with two attached hydrogens (primary N) is 1. The van der Waals surface area contributed by atoms with Crippen LogP contribution in [0.4, 0.5) is 5.69 Å². The standard InChI is InChI=1S/C10H12BrN5O2S/c1-16(5-10-13-6-14-15-10)19(17,18)9-4-7(11)2-3-8(9)12/h2-4,6H,5,12H2,1H3,(H,13,14,15). The molecule has 0 fully saturated rings. The van der Waals surface area contributed by atoms with E-state index in [0.717, 1.165) is 4.31 Å². The molecule has 102 valence electrons. The Morgan fingerprint density at radius 1 is 1.47 bits per heavy atom. The van der Waals surface area contributed by atoms with E-state index in [2.05, 4.69) is 31.1 Å². The van der Waals surface area contributed by atoms with Crippen LogP contribution in [-0.4, -0.2) is 35.0 Å². The van der Waals surface area contributed by atoms with E-state index in [9.17, 15) is 8.42 Å². The van der Waals surface area contributed by atoms with Gasteiger partial charge >= 0.3 is 0 Å². The lowest BCUT2D eigenvalue weighted by molar-refractivity contribution is 0.457. The lowest BCUT2D eigenvalue weighted by Crippen LogP contribution is -2.27. The molecule has 2 aromatic rings. The van der Waals surface area contributed by atoms with Gasteiger partial charge in [-0.05, 0) is 18.2 Å². The summed E-state index contributed by atoms with van der Waals surface area (Å²) in [6, 6.07) is 4.70. The zero-order chi connectivity index (χ0) is 14.0. The molecule has 0 amide bonds. The molecule has 1 heterocycles. The van der Waals surface area contributed by atoms with Gasteiger partial charge in [-0.1, -0.05) is 15.9 Å². The Morgan fingerprint density at radius 2 is 2.21 bits per heavy atom. The van der Waals surface area contributed by atoms with Gasteiger partial charge in [0.25, 0.3) is 0 Å². The highest BCUT2D eigenvalue weighted by Crippen LogP contribution is 2.25. The van der Waals surface area contributed by atoms with Crippen LogP contribution >= 0.6 is 15.9 Å². The number of nitrogen functional groups attached to an aromatic ring is 1. The maximum absolute atomic E-state index is 12.4. The SMILES string of the molecule is CN(Cc1ncn[nH]1)S(=O)(=O)c1cc(Br)ccc1N. The van der Waals surface area contributed by atoms with E-state index in [1.165, 1.54) is 19.4 Å². The predicted octanol–water partition coefficient (Wildman–Crippen LogP) is 0.970. The Kier molecular flexibility index (Phi) is 3.88. The quantitative estimate of drug-likeness (QED) is 0.803. The molecule has 0 atom stereocenters. The monoisotopic (exact) mass is 345 g/mol. The Balaban J connectivity index is 2.33. The number of benzene rings is 1. The molecule has 0 aliphatic heterocycles. The number of hydrogen-bond donors (Lipinski definition) is 2. The number of nitrogens with zero attached hydrogens (tertiary/aromatic N) is 3. The molecule has 1 aromatic carbocycles. The summed E-state index contributed by atoms with van der Waals surface area (Å²) in [5, 5.41) is 6.28. The topological polar surface area (TPSA) is 105 Å². The molecule has 2 rings (SSSR count). The summed E-state index contributed by atoms with van der Waals surface area (Å²) in [5.74, 6) is 0.458. The number of hydrogen-bond acceptors (Lipinski definition) is 5. The van der Waals surface area contributed by atoms with Crippen molar-refractivity contribution in [3.05, 3.63) is 34.8 Å². The largest absolute Gasteiger partial charge is 0.398 e. The van der Waals surface area contributed by atoms with Crippen LogP contribution < -0.4 is 5.73 Å². The van der Waals surface area contributed by atoms with Gasteiger partial charge in [-0.2, -0.15) is 9.40 Å². The fourth-order valence-electron chi connectivity index (χ4n) is 1.50. The molecule has 7 nitrogen and oxygen atoms in total. The number of halogens is 1. The summed E-state index contributed by atoms with van der Waals surface area (Å²) in [7, 11) is -2.22. The van der Waals surface area contributed by atoms with Crippen molar-refractivity contribution < 1.29 is 8.42 Å². The fraction of sp³-hybridized carbons (Fsp3) is 0.200. The number of aromatic nitrogens is 3. The number of anilines is 1. The summed E-state index contributed by atoms with van der Waals surface area (Å²) in [5.41, 5.74) is 5.93. The van der Waals surface area contributed by atoms with Crippen molar-refractivity contribution >= 4 is 31.6 Å². The Labute approximate surface area is 119 Å². The Hall–Kier alpha value is -1.45. The highest BCUT2D eigenvalue weighted by molar-refractivity contribution is 9.10. The van der Waals surface area contributed by atoms with Crippen LogP contribution in [0.3, 0.4) is 0 Å². The maximum Gasteiger partial charge on any atom is 0.245 e. The van der Waals surface area contributed by atoms with Gasteiger partial charge < -0.3 is 5.73 Å². The molecule has 0 saturated carbocycles. The number of H-pyrrole nitrogens is 1. The molecule has 0 aliphatic rings. The van der Waals surface area contributed by atoms with Crippen molar-refractivity contribution in [3.63, 3.8) is 0 Å². The molecular weight excluding hydrogens is 334 g/mol. The lowest BCUT2D eigenvalue weighted by atomic mass is 10.3. The average molecular weight is 346 g/mol. The van der Waals surface area contributed by atoms with Gasteiger partial charge in [0.1, 0.15) is 17.0 Å². The first kappa shape index (κ1) is 14.0. The molecule has 0 bridgehead atoms. The van der Waals surface area contributed by atoms with Crippen LogP contribution in [0.15, 0.2) is 33.9 Å². The third-order valence-corrected chi connectivity index (χ3v) is 4.85. The first-order valence-corrected chi connectivity index (χ1v) is 7.50. The summed E-state index contributed by atoms with van der Waals surface area (Å²) in [4.78, 5) is 3.95. The van der Waals surface area contributed by atoms with Crippen LogP contribution in [0.25, 0.3) is 0 Å². The number of rotatable bonds is 4. The number of sulfonamides is 1. The van der Waals surface area contributed by atoms with E-state index in [4.69, 9.17) is 5.73 Å². The van der Waals surface area contributed by atoms with Crippen LogP contribution in [-0.2, 0) is 16.6 Å². The molecule has 1 aromatic heterocycles. The minimum Gasteiger partial charge on any atom is -0.398 e. The number of nitrogens with one attached hydrogen (secondary N) is 1. The first-order valence-electron chi connectivity index (χ1n) is 5.27. The summed E-state index contributed by atoms with van der Waals surface area (Å²) >= 11 is 3.23. The van der Waals surface area contributed by atoms with Gasteiger partial charge in [0.05, 0.1) is 12.2 Å². The third-order valence-electron chi connectivity index (χ3n) is 2.50. The van der Waals surface area contributed by atoms with Gasteiger partial charge in [-0.3, -0.25) is 5.10 Å². The fourth-order valence-corrected chi connectivity index (χ4v) is 3.28. The predicted molar refractivity (Wildman–Crippen MR) is 73.6 cm³/mol. The molecule has 0 unspecified atom stereocenters. The minimum atomic E-state index is -3.68. The molecule has 19 heavy (non-hydrogen) atoms. The van der Waals surface area contributed by atoms with Crippen molar-refractivity contribution in [1.29, 1.82) is 0 Å². The van der Waals surface area contributed by atoms with E-state index in [1.807, 2.05) is 0 Å². The molecule has 0 aliphatic carbocycles. The highest BCUT2D eigenvalue weighted by atomic mass is 79.9. The Morgan fingerprint density at radius 3 is 2.84 bits per heavy atom. The van der Waals surface area contributed by atoms with E-state index in [-0.39, 0.29) is 17.1 Å². The third kappa shape index (κ3) is 2.94. The normalized spacial score (nSPS) is 11.9. The number of aromatic amines is 1. The van der Waals surface area contributed by atoms with Crippen molar-refractivity contribution in [2.24, 2.45) is 0 Å². The van der Waals surface area contributed by atoms with Crippen molar-refractivity contribution in [2.45, 2.75) is 11.4 Å². The molecule has 9 heteroatoms. The van der Waals surface area contributed by atoms with E-state index in [0.29, 0.717) is 10.3 Å². The van der Waals surface area contributed by atoms with Crippen LogP contribution in [0.2, 0.25) is 0 Å². The lowest BCUT2D eigenvalue weighted by Gasteiger charge is -2.17. The second-order valence-electron chi connectivity index (χ2n) is 3.88. The van der Waals surface area contributed by atoms with Gasteiger partial charge in [0.2, 0.25) is 10.0 Å². The highest BCUT2D eigenvalue weighted by Gasteiger charge is 2.24. The average Bonchev–Trinajstić information content (AvgIpc) is 2.85. The zero-order valence-corrected chi connectivity index (χ0v) is 12.4. The molecule has 0 saturated heterocycles. The van der Waals surface area contributed by atoms with E-state index >= 15 is 0 Å². The molecular formula is C10H12BrN5O2S. The molecule has 0 radical (unpaired) electrons. The Bertz CT molecular complexity index is 671.